The number of aromatic amines is 1. The van der Waals surface area contributed by atoms with Gasteiger partial charge in [0.25, 0.3) is 0 Å². The van der Waals surface area contributed by atoms with E-state index in [-0.39, 0.29) is 0 Å². The first-order valence-corrected chi connectivity index (χ1v) is 20.9. The molecule has 0 saturated heterocycles. The molecule has 0 aliphatic carbocycles. The van der Waals surface area contributed by atoms with Crippen LogP contribution in [0.1, 0.15) is 152 Å². The van der Waals surface area contributed by atoms with E-state index in [2.05, 4.69) is 145 Å². The summed E-state index contributed by atoms with van der Waals surface area (Å²) < 4.78 is 10.6. The van der Waals surface area contributed by atoms with Gasteiger partial charge in [-0.1, -0.05) is 221 Å². The first-order chi connectivity index (χ1) is 26.6. The minimum Gasteiger partial charge on any atom is -0.454 e. The van der Waals surface area contributed by atoms with Crippen LogP contribution in [0.25, 0.3) is 21.7 Å². The number of hydrogen-bond donors (Lipinski definition) is 1. The van der Waals surface area contributed by atoms with Gasteiger partial charge < -0.3 is 9.47 Å². The Morgan fingerprint density at radius 1 is 0.473 bits per heavy atom. The number of para-hydroxylation sites is 2. The van der Waals surface area contributed by atoms with Gasteiger partial charge >= 0.3 is 0 Å². The Bertz CT molecular complexity index is 1700. The topological polar surface area (TPSA) is 47.1 Å². The highest BCUT2D eigenvalue weighted by atomic mass is 16.7. The van der Waals surface area contributed by atoms with Crippen LogP contribution in [-0.4, -0.2) is 17.0 Å². The number of ether oxygens (including phenoxy) is 2. The molecule has 1 N–H and O–H groups in total. The van der Waals surface area contributed by atoms with Gasteiger partial charge in [0.2, 0.25) is 6.79 Å². The number of nitrogens with one attached hydrogen (secondary N) is 1. The second-order valence-corrected chi connectivity index (χ2v) is 13.2. The van der Waals surface area contributed by atoms with Crippen molar-refractivity contribution in [3.63, 3.8) is 0 Å². The van der Waals surface area contributed by atoms with Gasteiger partial charge in [-0.2, -0.15) is 5.10 Å². The van der Waals surface area contributed by atoms with Crippen LogP contribution in [-0.2, 0) is 0 Å². The summed E-state index contributed by atoms with van der Waals surface area (Å²) in [7, 11) is 0. The van der Waals surface area contributed by atoms with Crippen molar-refractivity contribution in [3.8, 4) is 11.5 Å². The van der Waals surface area contributed by atoms with Gasteiger partial charge in [-0.15, -0.1) is 0 Å². The van der Waals surface area contributed by atoms with Crippen molar-refractivity contribution in [2.45, 2.75) is 135 Å². The SMILES string of the molecule is CC.CC.CC.CC.CC(C)C.CC(C)c1cccc2c1OCO2.CC(C)c1cccc2ccccc12.CC(C)c1ccccc1.c1ccc2[nH]ncc2c1. The average Bonchev–Trinajstić information content (AvgIpc) is 3.92. The minimum atomic E-state index is 0.360. The number of nitrogens with zero attached hydrogens (tertiary/aromatic N) is 1. The molecule has 2 heterocycles. The number of benzene rings is 5. The first kappa shape index (κ1) is 52.5. The molecule has 0 bridgehead atoms. The average molecular weight is 751 g/mol. The molecule has 4 nitrogen and oxygen atoms in total. The van der Waals surface area contributed by atoms with Crippen molar-refractivity contribution < 1.29 is 9.47 Å². The number of aromatic nitrogens is 2. The van der Waals surface area contributed by atoms with E-state index in [1.807, 2.05) is 104 Å². The third-order valence-corrected chi connectivity index (χ3v) is 7.31. The Morgan fingerprint density at radius 3 is 1.47 bits per heavy atom. The van der Waals surface area contributed by atoms with Crippen molar-refractivity contribution >= 4 is 21.7 Å². The number of fused-ring (bicyclic) bond motifs is 3. The Morgan fingerprint density at radius 2 is 0.945 bits per heavy atom. The Balaban J connectivity index is 0. The molecule has 0 spiro atoms. The van der Waals surface area contributed by atoms with E-state index in [1.54, 1.807) is 0 Å². The molecular weight excluding hydrogens is 673 g/mol. The fourth-order valence-corrected chi connectivity index (χ4v) is 4.88. The number of hydrogen-bond acceptors (Lipinski definition) is 3. The summed E-state index contributed by atoms with van der Waals surface area (Å²) in [6, 6.07) is 39.6. The van der Waals surface area contributed by atoms with Crippen molar-refractivity contribution in [2.75, 3.05) is 6.79 Å². The highest BCUT2D eigenvalue weighted by Gasteiger charge is 2.18. The van der Waals surface area contributed by atoms with Crippen LogP contribution in [0.15, 0.2) is 121 Å². The van der Waals surface area contributed by atoms with Crippen molar-refractivity contribution in [3.05, 3.63) is 138 Å². The summed E-state index contributed by atoms with van der Waals surface area (Å²) in [5.41, 5.74) is 5.18. The van der Waals surface area contributed by atoms with E-state index in [1.165, 1.54) is 27.5 Å². The predicted molar refractivity (Wildman–Crippen MR) is 247 cm³/mol. The van der Waals surface area contributed by atoms with E-state index in [9.17, 15) is 0 Å². The summed E-state index contributed by atoms with van der Waals surface area (Å²) in [5.74, 6) is 4.38. The van der Waals surface area contributed by atoms with E-state index in [0.29, 0.717) is 24.5 Å². The third-order valence-electron chi connectivity index (χ3n) is 7.31. The lowest BCUT2D eigenvalue weighted by molar-refractivity contribution is 0.173. The lowest BCUT2D eigenvalue weighted by atomic mass is 9.96. The zero-order chi connectivity index (χ0) is 42.2. The van der Waals surface area contributed by atoms with Gasteiger partial charge in [0, 0.05) is 10.9 Å². The van der Waals surface area contributed by atoms with Crippen LogP contribution in [0.3, 0.4) is 0 Å². The lowest BCUT2D eigenvalue weighted by Crippen LogP contribution is -1.95. The zero-order valence-electron chi connectivity index (χ0n) is 37.8. The molecule has 304 valence electrons. The van der Waals surface area contributed by atoms with E-state index >= 15 is 0 Å². The first-order valence-electron chi connectivity index (χ1n) is 20.9. The molecule has 0 saturated carbocycles. The molecule has 0 unspecified atom stereocenters. The maximum absolute atomic E-state index is 5.37. The quantitative estimate of drug-likeness (QED) is 0.196. The van der Waals surface area contributed by atoms with Crippen LogP contribution in [0, 0.1) is 5.92 Å². The van der Waals surface area contributed by atoms with Crippen LogP contribution in [0.2, 0.25) is 0 Å². The Kier molecular flexibility index (Phi) is 31.4. The summed E-state index contributed by atoms with van der Waals surface area (Å²) in [5, 5.41) is 10.6. The molecule has 6 aromatic rings. The Hall–Kier alpha value is -4.57. The second kappa shape index (κ2) is 32.8. The summed E-state index contributed by atoms with van der Waals surface area (Å²) in [6.07, 6.45) is 1.81. The maximum Gasteiger partial charge on any atom is 0.231 e. The Labute approximate surface area is 338 Å². The van der Waals surface area contributed by atoms with Gasteiger partial charge in [0.05, 0.1) is 11.7 Å². The lowest BCUT2D eigenvalue weighted by Gasteiger charge is -2.08. The highest BCUT2D eigenvalue weighted by molar-refractivity contribution is 5.86. The van der Waals surface area contributed by atoms with Crippen LogP contribution in [0.4, 0.5) is 0 Å². The van der Waals surface area contributed by atoms with Crippen molar-refractivity contribution in [1.82, 2.24) is 10.2 Å². The van der Waals surface area contributed by atoms with Gasteiger partial charge in [-0.25, -0.2) is 0 Å². The van der Waals surface area contributed by atoms with Crippen molar-refractivity contribution in [2.24, 2.45) is 5.92 Å². The standard InChI is InChI=1S/C13H14.C10H12O2.C9H12.C7H6N2.C4H10.4C2H6/c1-10(2)12-9-5-7-11-6-3-4-8-13(11)12;1-7(2)8-4-3-5-9-10(8)12-6-11-9;1-8(2)9-6-4-3-5-7-9;1-2-4-7-6(3-1)5-8-9-7;1-4(2)3;4*1-2/h3-10H,1-2H3;3-5,7H,6H2,1-2H3;3-8H,1-2H3;1-5H,(H,8,9);4H,1-3H3;4*1-2H3. The van der Waals surface area contributed by atoms with Crippen LogP contribution >= 0.6 is 0 Å². The molecule has 5 aromatic carbocycles. The van der Waals surface area contributed by atoms with Gasteiger partial charge in [0.15, 0.2) is 11.5 Å². The number of H-pyrrole nitrogens is 1. The summed E-state index contributed by atoms with van der Waals surface area (Å²) in [6.45, 7) is 36.0. The molecule has 4 heteroatoms. The van der Waals surface area contributed by atoms with Gasteiger partial charge in [0.1, 0.15) is 0 Å². The second-order valence-electron chi connectivity index (χ2n) is 13.2. The fourth-order valence-electron chi connectivity index (χ4n) is 4.88. The van der Waals surface area contributed by atoms with E-state index < -0.39 is 0 Å². The highest BCUT2D eigenvalue weighted by Crippen LogP contribution is 2.38. The molecule has 55 heavy (non-hydrogen) atoms. The fraction of sp³-hybridized carbons (Fsp3) is 0.431. The van der Waals surface area contributed by atoms with Crippen LogP contribution < -0.4 is 9.47 Å². The smallest absolute Gasteiger partial charge is 0.231 e. The summed E-state index contributed by atoms with van der Waals surface area (Å²) >= 11 is 0. The predicted octanol–water partition coefficient (Wildman–Crippen LogP) is 16.6. The third kappa shape index (κ3) is 20.6. The molecule has 1 aromatic heterocycles. The molecule has 0 atom stereocenters. The van der Waals surface area contributed by atoms with E-state index in [0.717, 1.165) is 28.3 Å². The normalized spacial score (nSPS) is 10.1. The van der Waals surface area contributed by atoms with Crippen LogP contribution in [0.5, 0.6) is 11.5 Å². The molecule has 0 radical (unpaired) electrons. The molecule has 0 amide bonds. The van der Waals surface area contributed by atoms with Crippen molar-refractivity contribution in [1.29, 1.82) is 0 Å². The largest absolute Gasteiger partial charge is 0.454 e. The molecule has 0 fully saturated rings. The molecule has 1 aliphatic heterocycles. The van der Waals surface area contributed by atoms with Gasteiger partial charge in [-0.3, -0.25) is 5.10 Å². The minimum absolute atomic E-state index is 0.360. The monoisotopic (exact) mass is 751 g/mol. The van der Waals surface area contributed by atoms with Gasteiger partial charge in [-0.05, 0) is 57.7 Å². The maximum atomic E-state index is 5.37. The summed E-state index contributed by atoms with van der Waals surface area (Å²) in [4.78, 5) is 0. The molecule has 1 aliphatic rings. The van der Waals surface area contributed by atoms with E-state index in [4.69, 9.17) is 9.47 Å². The molecular formula is C51H78N2O2. The zero-order valence-corrected chi connectivity index (χ0v) is 37.8. The number of rotatable bonds is 3. The molecule has 7 rings (SSSR count).